The molecule has 5 heteroatoms. The first-order valence-corrected chi connectivity index (χ1v) is 5.64. The molecule has 1 unspecified atom stereocenters. The molecule has 0 radical (unpaired) electrons. The number of nitrogens with one attached hydrogen (secondary N) is 1. The van der Waals surface area contributed by atoms with E-state index in [0.717, 1.165) is 11.3 Å². The first-order valence-electron chi connectivity index (χ1n) is 5.64. The summed E-state index contributed by atoms with van der Waals surface area (Å²) in [4.78, 5) is 11.2. The van der Waals surface area contributed by atoms with Crippen molar-refractivity contribution < 1.29 is 19.4 Å². The van der Waals surface area contributed by atoms with Gasteiger partial charge in [-0.1, -0.05) is 12.1 Å². The molecule has 0 aliphatic heterocycles. The molecule has 1 aromatic carbocycles. The van der Waals surface area contributed by atoms with Gasteiger partial charge in [0, 0.05) is 13.1 Å². The van der Waals surface area contributed by atoms with Crippen LogP contribution in [0.25, 0.3) is 0 Å². The molecule has 0 aliphatic carbocycles. The Labute approximate surface area is 107 Å². The lowest BCUT2D eigenvalue weighted by Gasteiger charge is -2.20. The third-order valence-corrected chi connectivity index (χ3v) is 2.58. The minimum Gasteiger partial charge on any atom is -0.497 e. The maximum atomic E-state index is 11.2. The van der Waals surface area contributed by atoms with Crippen LogP contribution in [0.5, 0.6) is 5.75 Å². The van der Waals surface area contributed by atoms with Crippen molar-refractivity contribution >= 4 is 5.97 Å². The number of carbonyl (C=O) groups excluding carboxylic acids is 1. The third-order valence-electron chi connectivity index (χ3n) is 2.58. The molecule has 5 nitrogen and oxygen atoms in total. The molecule has 0 amide bonds. The summed E-state index contributed by atoms with van der Waals surface area (Å²) in [6.07, 6.45) is 0. The largest absolute Gasteiger partial charge is 0.497 e. The third kappa shape index (κ3) is 4.01. The second kappa shape index (κ2) is 6.37. The predicted molar refractivity (Wildman–Crippen MR) is 67.3 cm³/mol. The van der Waals surface area contributed by atoms with Crippen molar-refractivity contribution in [3.05, 3.63) is 29.8 Å². The number of carbonyl (C=O) groups is 1. The Balaban J connectivity index is 2.43. The van der Waals surface area contributed by atoms with E-state index in [-0.39, 0.29) is 6.54 Å². The van der Waals surface area contributed by atoms with E-state index in [9.17, 15) is 9.90 Å². The molecule has 1 atom stereocenters. The number of aliphatic hydroxyl groups is 1. The van der Waals surface area contributed by atoms with Gasteiger partial charge in [0.25, 0.3) is 0 Å². The van der Waals surface area contributed by atoms with Gasteiger partial charge in [-0.05, 0) is 24.6 Å². The fourth-order valence-corrected chi connectivity index (χ4v) is 1.49. The molecule has 2 N–H and O–H groups in total. The Morgan fingerprint density at radius 2 is 1.94 bits per heavy atom. The Kier molecular flexibility index (Phi) is 5.12. The minimum atomic E-state index is -1.51. The van der Waals surface area contributed by atoms with Crippen LogP contribution in [0.4, 0.5) is 0 Å². The summed E-state index contributed by atoms with van der Waals surface area (Å²) in [6.45, 7) is 2.10. The van der Waals surface area contributed by atoms with Gasteiger partial charge < -0.3 is 19.9 Å². The van der Waals surface area contributed by atoms with E-state index in [2.05, 4.69) is 10.1 Å². The highest BCUT2D eigenvalue weighted by Crippen LogP contribution is 2.11. The van der Waals surface area contributed by atoms with Crippen molar-refractivity contribution in [3.63, 3.8) is 0 Å². The smallest absolute Gasteiger partial charge is 0.338 e. The lowest BCUT2D eigenvalue weighted by molar-refractivity contribution is -0.159. The van der Waals surface area contributed by atoms with Gasteiger partial charge in [0.2, 0.25) is 0 Å². The monoisotopic (exact) mass is 253 g/mol. The molecule has 0 aliphatic rings. The lowest BCUT2D eigenvalue weighted by Crippen LogP contribution is -2.45. The van der Waals surface area contributed by atoms with Crippen LogP contribution >= 0.6 is 0 Å². The molecule has 1 rings (SSSR count). The molecule has 0 fully saturated rings. The van der Waals surface area contributed by atoms with E-state index in [1.54, 1.807) is 7.11 Å². The zero-order valence-corrected chi connectivity index (χ0v) is 10.9. The summed E-state index contributed by atoms with van der Waals surface area (Å²) in [5.41, 5.74) is -0.474. The summed E-state index contributed by atoms with van der Waals surface area (Å²) < 4.78 is 9.55. The van der Waals surface area contributed by atoms with Crippen LogP contribution in [-0.4, -0.2) is 37.4 Å². The molecule has 0 saturated heterocycles. The summed E-state index contributed by atoms with van der Waals surface area (Å²) in [6, 6.07) is 7.54. The van der Waals surface area contributed by atoms with Crippen LogP contribution in [0.2, 0.25) is 0 Å². The second-order valence-corrected chi connectivity index (χ2v) is 4.22. The van der Waals surface area contributed by atoms with Crippen LogP contribution in [-0.2, 0) is 16.1 Å². The fraction of sp³-hybridized carbons (Fsp3) is 0.462. The number of ether oxygens (including phenoxy) is 2. The number of methoxy groups -OCH3 is 2. The van der Waals surface area contributed by atoms with Crippen LogP contribution < -0.4 is 10.1 Å². The second-order valence-electron chi connectivity index (χ2n) is 4.22. The van der Waals surface area contributed by atoms with Crippen molar-refractivity contribution in [2.45, 2.75) is 19.1 Å². The van der Waals surface area contributed by atoms with Crippen molar-refractivity contribution in [3.8, 4) is 5.75 Å². The van der Waals surface area contributed by atoms with E-state index in [0.29, 0.717) is 6.54 Å². The average Bonchev–Trinajstić information content (AvgIpc) is 2.38. The van der Waals surface area contributed by atoms with E-state index >= 15 is 0 Å². The molecule has 0 heterocycles. The molecule has 100 valence electrons. The van der Waals surface area contributed by atoms with E-state index < -0.39 is 11.6 Å². The average molecular weight is 253 g/mol. The summed E-state index contributed by atoms with van der Waals surface area (Å²) in [7, 11) is 2.86. The molecule has 0 bridgehead atoms. The van der Waals surface area contributed by atoms with Crippen LogP contribution in [0.3, 0.4) is 0 Å². The molecule has 0 saturated carbocycles. The molecule has 1 aromatic rings. The first-order chi connectivity index (χ1) is 8.49. The van der Waals surface area contributed by atoms with Crippen LogP contribution in [0, 0.1) is 0 Å². The number of benzene rings is 1. The molecular formula is C13H19NO4. The molecular weight excluding hydrogens is 234 g/mol. The molecule has 18 heavy (non-hydrogen) atoms. The lowest BCUT2D eigenvalue weighted by atomic mass is 10.1. The van der Waals surface area contributed by atoms with E-state index in [4.69, 9.17) is 4.74 Å². The number of esters is 1. The standard InChI is InChI=1S/C13H19NO4/c1-13(16,12(15)18-3)9-14-8-10-4-6-11(17-2)7-5-10/h4-7,14,16H,8-9H2,1-3H3. The van der Waals surface area contributed by atoms with Crippen molar-refractivity contribution in [1.82, 2.24) is 5.32 Å². The van der Waals surface area contributed by atoms with Gasteiger partial charge in [0.1, 0.15) is 5.75 Å². The van der Waals surface area contributed by atoms with Crippen LogP contribution in [0.1, 0.15) is 12.5 Å². The highest BCUT2D eigenvalue weighted by Gasteiger charge is 2.30. The highest BCUT2D eigenvalue weighted by molar-refractivity contribution is 5.78. The van der Waals surface area contributed by atoms with E-state index in [1.807, 2.05) is 24.3 Å². The van der Waals surface area contributed by atoms with Crippen molar-refractivity contribution in [2.24, 2.45) is 0 Å². The first kappa shape index (κ1) is 14.5. The van der Waals surface area contributed by atoms with Gasteiger partial charge in [0.15, 0.2) is 5.60 Å². The van der Waals surface area contributed by atoms with Gasteiger partial charge in [-0.2, -0.15) is 0 Å². The summed E-state index contributed by atoms with van der Waals surface area (Å²) >= 11 is 0. The van der Waals surface area contributed by atoms with Gasteiger partial charge in [-0.25, -0.2) is 4.79 Å². The normalized spacial score (nSPS) is 13.8. The van der Waals surface area contributed by atoms with E-state index in [1.165, 1.54) is 14.0 Å². The summed E-state index contributed by atoms with van der Waals surface area (Å²) in [5.74, 6) is 0.144. The van der Waals surface area contributed by atoms with Crippen LogP contribution in [0.15, 0.2) is 24.3 Å². The molecule has 0 aromatic heterocycles. The maximum absolute atomic E-state index is 11.2. The predicted octanol–water partition coefficient (Wildman–Crippen LogP) is 0.709. The van der Waals surface area contributed by atoms with Gasteiger partial charge in [-0.15, -0.1) is 0 Å². The summed E-state index contributed by atoms with van der Waals surface area (Å²) in [5, 5.41) is 12.8. The maximum Gasteiger partial charge on any atom is 0.338 e. The van der Waals surface area contributed by atoms with Gasteiger partial charge >= 0.3 is 5.97 Å². The fourth-order valence-electron chi connectivity index (χ4n) is 1.49. The van der Waals surface area contributed by atoms with Crippen molar-refractivity contribution in [2.75, 3.05) is 20.8 Å². The highest BCUT2D eigenvalue weighted by atomic mass is 16.5. The molecule has 0 spiro atoms. The SMILES string of the molecule is COC(=O)C(C)(O)CNCc1ccc(OC)cc1. The zero-order valence-electron chi connectivity index (χ0n) is 10.9. The minimum absolute atomic E-state index is 0.131. The van der Waals surface area contributed by atoms with Gasteiger partial charge in [-0.3, -0.25) is 0 Å². The Hall–Kier alpha value is -1.59. The number of hydrogen-bond donors (Lipinski definition) is 2. The Bertz CT molecular complexity index is 386. The van der Waals surface area contributed by atoms with Crippen molar-refractivity contribution in [1.29, 1.82) is 0 Å². The quantitative estimate of drug-likeness (QED) is 0.731. The Morgan fingerprint density at radius 3 is 2.44 bits per heavy atom. The van der Waals surface area contributed by atoms with Gasteiger partial charge in [0.05, 0.1) is 14.2 Å². The topological polar surface area (TPSA) is 67.8 Å². The zero-order chi connectivity index (χ0) is 13.6. The number of hydrogen-bond acceptors (Lipinski definition) is 5. The Morgan fingerprint density at radius 1 is 1.33 bits per heavy atom. The number of rotatable bonds is 6.